The molecule has 2 aliphatic rings. The average Bonchev–Trinajstić information content (AvgIpc) is 2.77. The van der Waals surface area contributed by atoms with Crippen LogP contribution in [0.3, 0.4) is 0 Å². The van der Waals surface area contributed by atoms with Crippen molar-refractivity contribution in [2.75, 3.05) is 27.2 Å². The minimum atomic E-state index is -0.451. The third-order valence-corrected chi connectivity index (χ3v) is 5.82. The third kappa shape index (κ3) is 2.76. The lowest BCUT2D eigenvalue weighted by atomic mass is 9.84. The summed E-state index contributed by atoms with van der Waals surface area (Å²) < 4.78 is 5.57. The number of hydroxylamine groups is 2. The van der Waals surface area contributed by atoms with Gasteiger partial charge in [-0.1, -0.05) is 17.7 Å². The Kier molecular flexibility index (Phi) is 4.88. The summed E-state index contributed by atoms with van der Waals surface area (Å²) in [4.78, 5) is 20.4. The predicted octanol–water partition coefficient (Wildman–Crippen LogP) is 3.05. The number of likely N-dealkylation sites (N-methyl/N-ethyl adjacent to an activating group) is 1. The lowest BCUT2D eigenvalue weighted by molar-refractivity contribution is -0.161. The van der Waals surface area contributed by atoms with Crippen LogP contribution in [0.5, 0.6) is 0 Å². The molecule has 1 amide bonds. The van der Waals surface area contributed by atoms with Gasteiger partial charge in [-0.05, 0) is 50.3 Å². The van der Waals surface area contributed by atoms with Gasteiger partial charge in [0.25, 0.3) is 5.91 Å². The normalized spacial score (nSPS) is 20.7. The van der Waals surface area contributed by atoms with Crippen molar-refractivity contribution in [3.8, 4) is 0 Å². The van der Waals surface area contributed by atoms with Gasteiger partial charge < -0.3 is 13.9 Å². The first kappa shape index (κ1) is 18.3. The zero-order valence-corrected chi connectivity index (χ0v) is 16.4. The second-order valence-corrected chi connectivity index (χ2v) is 7.26. The van der Waals surface area contributed by atoms with Crippen LogP contribution in [0.4, 0.5) is 0 Å². The van der Waals surface area contributed by atoms with Gasteiger partial charge in [0.2, 0.25) is 0 Å². The van der Waals surface area contributed by atoms with Gasteiger partial charge in [0, 0.05) is 33.0 Å². The van der Waals surface area contributed by atoms with E-state index in [1.54, 1.807) is 7.11 Å². The van der Waals surface area contributed by atoms with E-state index in [4.69, 9.17) is 9.02 Å². The van der Waals surface area contributed by atoms with Crippen LogP contribution in [0.2, 0.25) is 0 Å². The number of hydrogen-bond acceptors (Lipinski definition) is 5. The van der Waals surface area contributed by atoms with E-state index in [1.165, 1.54) is 5.56 Å². The molecule has 0 unspecified atom stereocenters. The van der Waals surface area contributed by atoms with E-state index >= 15 is 0 Å². The van der Waals surface area contributed by atoms with E-state index in [1.807, 2.05) is 30.9 Å². The standard InChI is InChI=1S/C19H26N2O3S/c1-12-10-13(2)15(14(3)11-12)16-17(24-25)19(20(4)18(16)22)6-8-21(23-5)9-7-19/h10-11,25H,6-9H2,1-5H3. The van der Waals surface area contributed by atoms with Crippen LogP contribution < -0.4 is 0 Å². The molecule has 0 atom stereocenters. The number of carbonyl (C=O) groups excluding carboxylic acids is 1. The molecule has 1 saturated heterocycles. The van der Waals surface area contributed by atoms with Gasteiger partial charge in [0.1, 0.15) is 5.54 Å². The minimum absolute atomic E-state index is 0.00460. The van der Waals surface area contributed by atoms with E-state index in [0.29, 0.717) is 11.3 Å². The quantitative estimate of drug-likeness (QED) is 0.663. The van der Waals surface area contributed by atoms with Crippen LogP contribution >= 0.6 is 12.9 Å². The first-order valence-electron chi connectivity index (χ1n) is 8.57. The van der Waals surface area contributed by atoms with Gasteiger partial charge in [0.15, 0.2) is 5.76 Å². The van der Waals surface area contributed by atoms with Gasteiger partial charge in [-0.2, -0.15) is 5.06 Å². The molecular formula is C19H26N2O3S. The van der Waals surface area contributed by atoms with Gasteiger partial charge >= 0.3 is 0 Å². The summed E-state index contributed by atoms with van der Waals surface area (Å²) in [6.45, 7) is 7.65. The fourth-order valence-corrected chi connectivity index (χ4v) is 4.63. The molecule has 0 aromatic heterocycles. The number of thiol groups is 1. The Morgan fingerprint density at radius 1 is 1.12 bits per heavy atom. The van der Waals surface area contributed by atoms with Crippen molar-refractivity contribution in [3.63, 3.8) is 0 Å². The molecule has 0 N–H and O–H groups in total. The molecule has 0 saturated carbocycles. The maximum absolute atomic E-state index is 13.2. The number of carbonyl (C=O) groups is 1. The molecule has 6 heteroatoms. The molecule has 1 aromatic rings. The third-order valence-electron chi connectivity index (χ3n) is 5.64. The number of amides is 1. The maximum Gasteiger partial charge on any atom is 0.258 e. The van der Waals surface area contributed by atoms with Crippen molar-refractivity contribution >= 4 is 24.4 Å². The lowest BCUT2D eigenvalue weighted by Gasteiger charge is -2.43. The minimum Gasteiger partial charge on any atom is -0.430 e. The largest absolute Gasteiger partial charge is 0.430 e. The molecule has 1 aromatic carbocycles. The molecule has 1 fully saturated rings. The van der Waals surface area contributed by atoms with Crippen molar-refractivity contribution in [3.05, 3.63) is 40.1 Å². The molecule has 0 radical (unpaired) electrons. The topological polar surface area (TPSA) is 42.0 Å². The lowest BCUT2D eigenvalue weighted by Crippen LogP contribution is -2.53. The maximum atomic E-state index is 13.2. The molecule has 1 spiro atoms. The van der Waals surface area contributed by atoms with Crippen LogP contribution in [-0.2, 0) is 13.8 Å². The van der Waals surface area contributed by atoms with Crippen molar-refractivity contribution in [2.24, 2.45) is 0 Å². The predicted molar refractivity (Wildman–Crippen MR) is 101 cm³/mol. The highest BCUT2D eigenvalue weighted by atomic mass is 32.1. The van der Waals surface area contributed by atoms with Gasteiger partial charge in [0.05, 0.1) is 12.7 Å². The Morgan fingerprint density at radius 3 is 2.16 bits per heavy atom. The molecule has 25 heavy (non-hydrogen) atoms. The van der Waals surface area contributed by atoms with Crippen molar-refractivity contribution in [1.82, 2.24) is 9.96 Å². The molecule has 5 nitrogen and oxygen atoms in total. The monoisotopic (exact) mass is 362 g/mol. The molecule has 0 bridgehead atoms. The molecule has 0 aliphatic carbocycles. The van der Waals surface area contributed by atoms with Crippen LogP contribution in [0.25, 0.3) is 5.57 Å². The van der Waals surface area contributed by atoms with E-state index in [9.17, 15) is 4.79 Å². The Hall–Kier alpha value is -1.50. The first-order chi connectivity index (χ1) is 11.9. The van der Waals surface area contributed by atoms with Crippen LogP contribution in [-0.4, -0.2) is 48.7 Å². The SMILES string of the molecule is CON1CCC2(CC1)C(OS)=C(c1c(C)cc(C)cc1C)C(=O)N2C. The summed E-state index contributed by atoms with van der Waals surface area (Å²) in [5.74, 6) is 0.680. The van der Waals surface area contributed by atoms with Crippen molar-refractivity contribution < 1.29 is 13.8 Å². The molecule has 2 heterocycles. The summed E-state index contributed by atoms with van der Waals surface area (Å²) in [6.07, 6.45) is 1.51. The summed E-state index contributed by atoms with van der Waals surface area (Å²) in [5, 5.41) is 1.92. The van der Waals surface area contributed by atoms with Crippen molar-refractivity contribution in [1.29, 1.82) is 0 Å². The highest BCUT2D eigenvalue weighted by Gasteiger charge is 2.53. The van der Waals surface area contributed by atoms with Crippen LogP contribution in [0.1, 0.15) is 35.1 Å². The van der Waals surface area contributed by atoms with Crippen molar-refractivity contribution in [2.45, 2.75) is 39.2 Å². The van der Waals surface area contributed by atoms with E-state index < -0.39 is 5.54 Å². The van der Waals surface area contributed by atoms with E-state index in [0.717, 1.165) is 42.6 Å². The zero-order chi connectivity index (χ0) is 18.4. The van der Waals surface area contributed by atoms with Gasteiger partial charge in [-0.15, -0.1) is 0 Å². The Bertz CT molecular complexity index is 713. The second-order valence-electron chi connectivity index (χ2n) is 7.08. The second kappa shape index (κ2) is 6.67. The van der Waals surface area contributed by atoms with E-state index in [-0.39, 0.29) is 5.91 Å². The Morgan fingerprint density at radius 2 is 1.68 bits per heavy atom. The smallest absolute Gasteiger partial charge is 0.258 e. The number of benzene rings is 1. The molecule has 2 aliphatic heterocycles. The van der Waals surface area contributed by atoms with Crippen LogP contribution in [0, 0.1) is 20.8 Å². The molecular weight excluding hydrogens is 336 g/mol. The fraction of sp³-hybridized carbons (Fsp3) is 0.526. The number of piperidine rings is 1. The number of aryl methyl sites for hydroxylation is 3. The fourth-order valence-electron chi connectivity index (χ4n) is 4.37. The highest BCUT2D eigenvalue weighted by molar-refractivity contribution is 7.75. The summed E-state index contributed by atoms with van der Waals surface area (Å²) >= 11 is 4.14. The molecule has 136 valence electrons. The average molecular weight is 362 g/mol. The Balaban J connectivity index is 2.15. The first-order valence-corrected chi connectivity index (χ1v) is 8.94. The number of nitrogens with zero attached hydrogens (tertiary/aromatic N) is 2. The summed E-state index contributed by atoms with van der Waals surface area (Å²) in [7, 11) is 3.54. The van der Waals surface area contributed by atoms with Crippen LogP contribution in [0.15, 0.2) is 17.9 Å². The van der Waals surface area contributed by atoms with E-state index in [2.05, 4.69) is 32.0 Å². The van der Waals surface area contributed by atoms with Gasteiger partial charge in [-0.25, -0.2) is 0 Å². The highest BCUT2D eigenvalue weighted by Crippen LogP contribution is 2.47. The van der Waals surface area contributed by atoms with Gasteiger partial charge in [-0.3, -0.25) is 4.79 Å². The number of rotatable bonds is 3. The molecule has 3 rings (SSSR count). The number of hydrogen-bond donors (Lipinski definition) is 1. The summed E-state index contributed by atoms with van der Waals surface area (Å²) in [5.41, 5.74) is 4.53. The Labute approximate surface area is 155 Å². The zero-order valence-electron chi connectivity index (χ0n) is 15.5. The summed E-state index contributed by atoms with van der Waals surface area (Å²) in [6, 6.07) is 4.22.